The van der Waals surface area contributed by atoms with Crippen LogP contribution in [0, 0.1) is 17.2 Å². The van der Waals surface area contributed by atoms with Gasteiger partial charge in [-0.05, 0) is 47.9 Å². The fourth-order valence-corrected chi connectivity index (χ4v) is 3.31. The number of Topliss-reactive ketones (excluding diaryl/α,β-unsaturated/α-hetero) is 1. The Morgan fingerprint density at radius 3 is 2.25 bits per heavy atom. The van der Waals surface area contributed by atoms with Gasteiger partial charge in [0.05, 0.1) is 23.2 Å². The normalized spacial score (nSPS) is 16.6. The lowest BCUT2D eigenvalue weighted by atomic mass is 9.92. The predicted molar refractivity (Wildman–Crippen MR) is 104 cm³/mol. The van der Waals surface area contributed by atoms with Gasteiger partial charge in [-0.3, -0.25) is 14.5 Å². The zero-order chi connectivity index (χ0) is 20.4. The van der Waals surface area contributed by atoms with E-state index in [2.05, 4.69) is 0 Å². The molecule has 2 N–H and O–H groups in total. The van der Waals surface area contributed by atoms with E-state index >= 15 is 0 Å². The highest BCUT2D eigenvalue weighted by atomic mass is 16.3. The Morgan fingerprint density at radius 2 is 1.71 bits per heavy atom. The predicted octanol–water partition coefficient (Wildman–Crippen LogP) is 3.78. The minimum atomic E-state index is -0.813. The second-order valence-corrected chi connectivity index (χ2v) is 7.11. The van der Waals surface area contributed by atoms with Crippen LogP contribution in [-0.4, -0.2) is 21.9 Å². The number of amides is 1. The van der Waals surface area contributed by atoms with Gasteiger partial charge in [0.2, 0.25) is 0 Å². The molecule has 142 valence electrons. The standard InChI is InChI=1S/C22H20N2O4/c1-13(2)11-18(26)19-20(15-5-9-17(25)10-6-15)24(22(28)21(19)27)16-7-3-14(12-23)4-8-16/h3-10,13,20,25,27H,11H2,1-2H3. The number of benzene rings is 2. The zero-order valence-electron chi connectivity index (χ0n) is 15.6. The van der Waals surface area contributed by atoms with Gasteiger partial charge in [0.1, 0.15) is 5.75 Å². The Labute approximate surface area is 163 Å². The summed E-state index contributed by atoms with van der Waals surface area (Å²) in [5.41, 5.74) is 1.53. The van der Waals surface area contributed by atoms with E-state index in [0.717, 1.165) is 0 Å². The molecule has 1 aliphatic rings. The van der Waals surface area contributed by atoms with Crippen molar-refractivity contribution in [1.82, 2.24) is 0 Å². The summed E-state index contributed by atoms with van der Waals surface area (Å²) < 4.78 is 0. The third kappa shape index (κ3) is 3.47. The number of aliphatic hydroxyl groups excluding tert-OH is 1. The van der Waals surface area contributed by atoms with Crippen molar-refractivity contribution in [3.63, 3.8) is 0 Å². The number of aromatic hydroxyl groups is 1. The Balaban J connectivity index is 2.13. The van der Waals surface area contributed by atoms with E-state index in [9.17, 15) is 19.8 Å². The van der Waals surface area contributed by atoms with E-state index in [-0.39, 0.29) is 29.4 Å². The van der Waals surface area contributed by atoms with Crippen molar-refractivity contribution < 1.29 is 19.8 Å². The Bertz CT molecular complexity index is 983. The molecule has 1 atom stereocenters. The van der Waals surface area contributed by atoms with Crippen LogP contribution in [0.3, 0.4) is 0 Å². The maximum atomic E-state index is 12.9. The summed E-state index contributed by atoms with van der Waals surface area (Å²) in [5.74, 6) is -1.41. The van der Waals surface area contributed by atoms with Crippen molar-refractivity contribution in [1.29, 1.82) is 5.26 Å². The number of nitriles is 1. The number of phenolic OH excluding ortho intramolecular Hbond substituents is 1. The third-order valence-corrected chi connectivity index (χ3v) is 4.59. The van der Waals surface area contributed by atoms with Crippen LogP contribution in [0.15, 0.2) is 59.9 Å². The van der Waals surface area contributed by atoms with E-state index < -0.39 is 17.7 Å². The molecule has 0 saturated heterocycles. The molecule has 2 aromatic carbocycles. The number of ketones is 1. The van der Waals surface area contributed by atoms with E-state index in [1.807, 2.05) is 19.9 Å². The molecular formula is C22H20N2O4. The van der Waals surface area contributed by atoms with Gasteiger partial charge in [0.25, 0.3) is 5.91 Å². The van der Waals surface area contributed by atoms with Crippen molar-refractivity contribution in [3.8, 4) is 11.8 Å². The zero-order valence-corrected chi connectivity index (χ0v) is 15.6. The molecule has 6 nitrogen and oxygen atoms in total. The molecule has 0 saturated carbocycles. The number of nitrogens with zero attached hydrogens (tertiary/aromatic N) is 2. The highest BCUT2D eigenvalue weighted by Crippen LogP contribution is 2.41. The first-order valence-corrected chi connectivity index (χ1v) is 8.92. The van der Waals surface area contributed by atoms with Gasteiger partial charge in [-0.25, -0.2) is 0 Å². The summed E-state index contributed by atoms with van der Waals surface area (Å²) in [6.45, 7) is 3.78. The van der Waals surface area contributed by atoms with Gasteiger partial charge in [-0.15, -0.1) is 0 Å². The summed E-state index contributed by atoms with van der Waals surface area (Å²) >= 11 is 0. The number of carbonyl (C=O) groups is 2. The lowest BCUT2D eigenvalue weighted by Gasteiger charge is -2.27. The molecule has 3 rings (SSSR count). The second-order valence-electron chi connectivity index (χ2n) is 7.11. The number of phenols is 1. The smallest absolute Gasteiger partial charge is 0.294 e. The van der Waals surface area contributed by atoms with E-state index in [1.165, 1.54) is 17.0 Å². The topological polar surface area (TPSA) is 102 Å². The first-order valence-electron chi connectivity index (χ1n) is 8.92. The summed E-state index contributed by atoms with van der Waals surface area (Å²) in [6.07, 6.45) is 0.197. The van der Waals surface area contributed by atoms with Crippen molar-refractivity contribution in [3.05, 3.63) is 71.0 Å². The number of carbonyl (C=O) groups excluding carboxylic acids is 2. The highest BCUT2D eigenvalue weighted by molar-refractivity contribution is 6.16. The van der Waals surface area contributed by atoms with Gasteiger partial charge in [-0.1, -0.05) is 26.0 Å². The maximum Gasteiger partial charge on any atom is 0.294 e. The average Bonchev–Trinajstić information content (AvgIpc) is 2.93. The molecule has 0 spiro atoms. The molecule has 0 aliphatic carbocycles. The van der Waals surface area contributed by atoms with E-state index in [1.54, 1.807) is 36.4 Å². The SMILES string of the molecule is CC(C)CC(=O)C1=C(O)C(=O)N(c2ccc(C#N)cc2)C1c1ccc(O)cc1. The molecule has 1 aliphatic heterocycles. The van der Waals surface area contributed by atoms with Crippen LogP contribution in [0.2, 0.25) is 0 Å². The number of aliphatic hydroxyl groups is 1. The van der Waals surface area contributed by atoms with Crippen molar-refractivity contribution >= 4 is 17.4 Å². The first kappa shape index (κ1) is 19.2. The van der Waals surface area contributed by atoms with Gasteiger partial charge in [0.15, 0.2) is 11.5 Å². The fourth-order valence-electron chi connectivity index (χ4n) is 3.31. The molecule has 1 amide bonds. The monoisotopic (exact) mass is 376 g/mol. The van der Waals surface area contributed by atoms with Crippen LogP contribution in [0.5, 0.6) is 5.75 Å². The van der Waals surface area contributed by atoms with Gasteiger partial charge in [-0.2, -0.15) is 5.26 Å². The van der Waals surface area contributed by atoms with Crippen LogP contribution < -0.4 is 4.90 Å². The average molecular weight is 376 g/mol. The van der Waals surface area contributed by atoms with Crippen LogP contribution in [0.25, 0.3) is 0 Å². The minimum absolute atomic E-state index is 0.0498. The van der Waals surface area contributed by atoms with Crippen LogP contribution >= 0.6 is 0 Å². The van der Waals surface area contributed by atoms with Crippen LogP contribution in [-0.2, 0) is 9.59 Å². The van der Waals surface area contributed by atoms with E-state index in [4.69, 9.17) is 5.26 Å². The summed E-state index contributed by atoms with van der Waals surface area (Å²) in [5, 5.41) is 29.1. The Morgan fingerprint density at radius 1 is 1.11 bits per heavy atom. The quantitative estimate of drug-likeness (QED) is 0.827. The summed E-state index contributed by atoms with van der Waals surface area (Å²) in [6, 6.07) is 13.7. The van der Waals surface area contributed by atoms with Gasteiger partial charge < -0.3 is 10.2 Å². The molecule has 6 heteroatoms. The number of rotatable bonds is 5. The lowest BCUT2D eigenvalue weighted by Crippen LogP contribution is -2.31. The maximum absolute atomic E-state index is 12.9. The van der Waals surface area contributed by atoms with Crippen molar-refractivity contribution in [2.45, 2.75) is 26.3 Å². The minimum Gasteiger partial charge on any atom is -0.508 e. The molecule has 28 heavy (non-hydrogen) atoms. The number of anilines is 1. The fraction of sp³-hybridized carbons (Fsp3) is 0.227. The van der Waals surface area contributed by atoms with Gasteiger partial charge in [0, 0.05) is 12.1 Å². The summed E-state index contributed by atoms with van der Waals surface area (Å²) in [7, 11) is 0. The van der Waals surface area contributed by atoms with Crippen LogP contribution in [0.4, 0.5) is 5.69 Å². The number of hydrogen-bond donors (Lipinski definition) is 2. The van der Waals surface area contributed by atoms with Gasteiger partial charge >= 0.3 is 0 Å². The molecule has 1 heterocycles. The molecule has 0 aromatic heterocycles. The van der Waals surface area contributed by atoms with Crippen molar-refractivity contribution in [2.24, 2.45) is 5.92 Å². The molecule has 0 radical (unpaired) electrons. The third-order valence-electron chi connectivity index (χ3n) is 4.59. The first-order chi connectivity index (χ1) is 13.3. The Kier molecular flexibility index (Phi) is 5.18. The highest BCUT2D eigenvalue weighted by Gasteiger charge is 2.44. The van der Waals surface area contributed by atoms with Crippen LogP contribution in [0.1, 0.15) is 37.4 Å². The summed E-state index contributed by atoms with van der Waals surface area (Å²) in [4.78, 5) is 27.1. The molecule has 0 fully saturated rings. The molecule has 0 bridgehead atoms. The second kappa shape index (κ2) is 7.57. The molecule has 1 unspecified atom stereocenters. The number of hydrogen-bond acceptors (Lipinski definition) is 5. The molecule has 2 aromatic rings. The van der Waals surface area contributed by atoms with Crippen molar-refractivity contribution in [2.75, 3.05) is 4.90 Å². The lowest BCUT2D eigenvalue weighted by molar-refractivity contribution is -0.118. The Hall–Kier alpha value is -3.59. The largest absolute Gasteiger partial charge is 0.508 e. The van der Waals surface area contributed by atoms with E-state index in [0.29, 0.717) is 16.8 Å². The molecular weight excluding hydrogens is 356 g/mol.